The molecule has 1 aliphatic heterocycles. The first-order valence-corrected chi connectivity index (χ1v) is 7.47. The topological polar surface area (TPSA) is 72.5 Å². The van der Waals surface area contributed by atoms with Crippen LogP contribution in [-0.2, 0) is 14.3 Å². The minimum absolute atomic E-state index is 0.254. The maximum atomic E-state index is 12.2. The molecule has 0 saturated heterocycles. The lowest BCUT2D eigenvalue weighted by atomic mass is 9.81. The van der Waals surface area contributed by atoms with E-state index in [4.69, 9.17) is 4.74 Å². The monoisotopic (exact) mass is 297 g/mol. The lowest BCUT2D eigenvalue weighted by molar-refractivity contribution is -0.125. The van der Waals surface area contributed by atoms with E-state index in [0.29, 0.717) is 49.1 Å². The van der Waals surface area contributed by atoms with Crippen molar-refractivity contribution in [2.24, 2.45) is 0 Å². The molecule has 1 N–H and O–H groups in total. The number of rotatable bonds is 0. The molecule has 1 heterocycles. The zero-order valence-corrected chi connectivity index (χ0v) is 12.0. The summed E-state index contributed by atoms with van der Waals surface area (Å²) >= 11 is 0. The van der Waals surface area contributed by atoms with Gasteiger partial charge in [-0.05, 0) is 12.8 Å². The van der Waals surface area contributed by atoms with Crippen LogP contribution in [0.4, 0.5) is 0 Å². The largest absolute Gasteiger partial charge is 0.482 e. The molecular weight excluding hydrogens is 282 g/mol. The van der Waals surface area contributed by atoms with Gasteiger partial charge in [0.2, 0.25) is 5.78 Å². The molecule has 0 atom stereocenters. The third-order valence-corrected chi connectivity index (χ3v) is 4.70. The summed E-state index contributed by atoms with van der Waals surface area (Å²) in [6.45, 7) is 0.459. The summed E-state index contributed by atoms with van der Waals surface area (Å²) in [4.78, 5) is 35.9. The van der Waals surface area contributed by atoms with E-state index >= 15 is 0 Å². The minimum atomic E-state index is -0.546. The highest BCUT2D eigenvalue weighted by atomic mass is 16.5. The van der Waals surface area contributed by atoms with Crippen LogP contribution in [0.1, 0.15) is 41.6 Å². The summed E-state index contributed by atoms with van der Waals surface area (Å²) in [7, 11) is 0. The molecule has 5 heteroatoms. The normalized spacial score (nSPS) is 22.8. The predicted octanol–water partition coefficient (Wildman–Crippen LogP) is 1.62. The van der Waals surface area contributed by atoms with E-state index < -0.39 is 17.2 Å². The lowest BCUT2D eigenvalue weighted by Crippen LogP contribution is -2.51. The van der Waals surface area contributed by atoms with Crippen molar-refractivity contribution in [2.45, 2.75) is 31.3 Å². The molecular formula is C17H15NO4. The molecule has 1 aromatic carbocycles. The maximum absolute atomic E-state index is 12.2. The highest BCUT2D eigenvalue weighted by Crippen LogP contribution is 2.40. The highest BCUT2D eigenvalue weighted by Gasteiger charge is 2.45. The number of ether oxygens (including phenoxy) is 1. The number of hydrogen-bond acceptors (Lipinski definition) is 5. The summed E-state index contributed by atoms with van der Waals surface area (Å²) < 4.78 is 6.20. The Labute approximate surface area is 127 Å². The zero-order valence-electron chi connectivity index (χ0n) is 12.0. The number of fused-ring (bicyclic) bond motifs is 2. The number of benzene rings is 1. The molecule has 2 aliphatic carbocycles. The van der Waals surface area contributed by atoms with Gasteiger partial charge in [0.1, 0.15) is 17.1 Å². The Hall–Kier alpha value is -2.43. The van der Waals surface area contributed by atoms with Crippen molar-refractivity contribution < 1.29 is 19.1 Å². The Bertz CT molecular complexity index is 737. The summed E-state index contributed by atoms with van der Waals surface area (Å²) in [5.74, 6) is -0.333. The Kier molecular flexibility index (Phi) is 2.73. The summed E-state index contributed by atoms with van der Waals surface area (Å²) in [5, 5.41) is 3.09. The minimum Gasteiger partial charge on any atom is -0.482 e. The van der Waals surface area contributed by atoms with E-state index in [9.17, 15) is 14.4 Å². The second kappa shape index (κ2) is 4.53. The van der Waals surface area contributed by atoms with Gasteiger partial charge in [0, 0.05) is 24.0 Å². The number of ketones is 3. The fourth-order valence-electron chi connectivity index (χ4n) is 3.38. The van der Waals surface area contributed by atoms with E-state index in [1.54, 1.807) is 18.2 Å². The number of Topliss-reactive ketones (excluding diaryl/α,β-unsaturated/α-hetero) is 3. The number of carbonyl (C=O) groups is 3. The quantitative estimate of drug-likeness (QED) is 0.737. The van der Waals surface area contributed by atoms with Gasteiger partial charge >= 0.3 is 0 Å². The van der Waals surface area contributed by atoms with Gasteiger partial charge in [-0.15, -0.1) is 0 Å². The van der Waals surface area contributed by atoms with Gasteiger partial charge in [-0.1, -0.05) is 24.3 Å². The van der Waals surface area contributed by atoms with Crippen molar-refractivity contribution in [3.8, 4) is 0 Å². The molecule has 1 aromatic rings. The fourth-order valence-corrected chi connectivity index (χ4v) is 3.38. The fraction of sp³-hybridized carbons (Fsp3) is 0.353. The van der Waals surface area contributed by atoms with Gasteiger partial charge in [0.25, 0.3) is 5.78 Å². The summed E-state index contributed by atoms with van der Waals surface area (Å²) in [5.41, 5.74) is 0.842. The number of carbonyl (C=O) groups excluding carboxylic acids is 3. The molecule has 5 nitrogen and oxygen atoms in total. The van der Waals surface area contributed by atoms with Crippen LogP contribution in [-0.4, -0.2) is 29.5 Å². The summed E-state index contributed by atoms with van der Waals surface area (Å²) in [6, 6.07) is 7.00. The molecule has 112 valence electrons. The molecule has 1 spiro atoms. The van der Waals surface area contributed by atoms with E-state index in [2.05, 4.69) is 5.32 Å². The molecule has 0 bridgehead atoms. The van der Waals surface area contributed by atoms with Crippen LogP contribution >= 0.6 is 0 Å². The third-order valence-electron chi connectivity index (χ3n) is 4.70. The zero-order chi connectivity index (χ0) is 15.3. The van der Waals surface area contributed by atoms with Crippen molar-refractivity contribution >= 4 is 23.1 Å². The average molecular weight is 297 g/mol. The highest BCUT2D eigenvalue weighted by molar-refractivity contribution is 6.52. The molecule has 0 amide bonds. The second-order valence-electron chi connectivity index (χ2n) is 6.09. The number of allylic oxidation sites excluding steroid dienone is 1. The Balaban J connectivity index is 1.78. The molecule has 0 aromatic heterocycles. The predicted molar refractivity (Wildman–Crippen MR) is 78.0 cm³/mol. The Morgan fingerprint density at radius 2 is 1.64 bits per heavy atom. The van der Waals surface area contributed by atoms with Crippen molar-refractivity contribution in [3.63, 3.8) is 0 Å². The molecule has 1 saturated carbocycles. The first-order valence-electron chi connectivity index (χ1n) is 7.47. The molecule has 22 heavy (non-hydrogen) atoms. The van der Waals surface area contributed by atoms with E-state index in [0.717, 1.165) is 0 Å². The van der Waals surface area contributed by atoms with Crippen molar-refractivity contribution in [3.05, 3.63) is 41.1 Å². The molecule has 0 radical (unpaired) electrons. The molecule has 1 fully saturated rings. The standard InChI is InChI=1S/C17H15NO4/c19-10-5-7-17(8-6-10)9-18-13-15(21)14(20)11-3-1-2-4-12(11)16(13)22-17/h1-4,18H,5-9H2. The smallest absolute Gasteiger partial charge is 0.253 e. The maximum Gasteiger partial charge on any atom is 0.253 e. The summed E-state index contributed by atoms with van der Waals surface area (Å²) in [6.07, 6.45) is 2.28. The SMILES string of the molecule is O=C1CCC2(CC1)CNC1=C(O2)c2ccccc2C(=O)C1=O. The average Bonchev–Trinajstić information content (AvgIpc) is 2.56. The van der Waals surface area contributed by atoms with Gasteiger partial charge < -0.3 is 10.1 Å². The van der Waals surface area contributed by atoms with E-state index in [1.165, 1.54) is 0 Å². The van der Waals surface area contributed by atoms with Crippen LogP contribution in [0.3, 0.4) is 0 Å². The van der Waals surface area contributed by atoms with Crippen LogP contribution in [0.5, 0.6) is 0 Å². The van der Waals surface area contributed by atoms with Gasteiger partial charge in [0.05, 0.1) is 6.54 Å². The van der Waals surface area contributed by atoms with Gasteiger partial charge in [0.15, 0.2) is 5.76 Å². The van der Waals surface area contributed by atoms with Crippen LogP contribution in [0, 0.1) is 0 Å². The van der Waals surface area contributed by atoms with Crippen LogP contribution < -0.4 is 5.32 Å². The Morgan fingerprint density at radius 1 is 0.955 bits per heavy atom. The second-order valence-corrected chi connectivity index (χ2v) is 6.09. The van der Waals surface area contributed by atoms with Crippen LogP contribution in [0.2, 0.25) is 0 Å². The third kappa shape index (κ3) is 1.81. The van der Waals surface area contributed by atoms with E-state index in [1.807, 2.05) is 6.07 Å². The van der Waals surface area contributed by atoms with Crippen LogP contribution in [0.15, 0.2) is 30.0 Å². The first kappa shape index (κ1) is 13.2. The van der Waals surface area contributed by atoms with Crippen molar-refractivity contribution in [1.82, 2.24) is 5.32 Å². The van der Waals surface area contributed by atoms with Gasteiger partial charge in [-0.3, -0.25) is 14.4 Å². The molecule has 0 unspecified atom stereocenters. The van der Waals surface area contributed by atoms with Gasteiger partial charge in [-0.2, -0.15) is 0 Å². The molecule has 3 aliphatic rings. The lowest BCUT2D eigenvalue weighted by Gasteiger charge is -2.43. The number of nitrogens with one attached hydrogen (secondary N) is 1. The number of hydrogen-bond donors (Lipinski definition) is 1. The van der Waals surface area contributed by atoms with Crippen LogP contribution in [0.25, 0.3) is 5.76 Å². The van der Waals surface area contributed by atoms with Crippen molar-refractivity contribution in [1.29, 1.82) is 0 Å². The van der Waals surface area contributed by atoms with Crippen molar-refractivity contribution in [2.75, 3.05) is 6.54 Å². The Morgan fingerprint density at radius 3 is 2.36 bits per heavy atom. The molecule has 4 rings (SSSR count). The first-order chi connectivity index (χ1) is 10.6. The van der Waals surface area contributed by atoms with E-state index in [-0.39, 0.29) is 11.5 Å². The van der Waals surface area contributed by atoms with Gasteiger partial charge in [-0.25, -0.2) is 0 Å².